The van der Waals surface area contributed by atoms with Gasteiger partial charge >= 0.3 is 0 Å². The van der Waals surface area contributed by atoms with Crippen LogP contribution in [0.4, 0.5) is 0 Å². The summed E-state index contributed by atoms with van der Waals surface area (Å²) in [6, 6.07) is 5.81. The van der Waals surface area contributed by atoms with Gasteiger partial charge in [-0.1, -0.05) is 6.07 Å². The van der Waals surface area contributed by atoms with Crippen molar-refractivity contribution in [3.63, 3.8) is 0 Å². The fourth-order valence-electron chi connectivity index (χ4n) is 3.11. The van der Waals surface area contributed by atoms with E-state index >= 15 is 0 Å². The maximum absolute atomic E-state index is 12.2. The highest BCUT2D eigenvalue weighted by Gasteiger charge is 2.29. The van der Waals surface area contributed by atoms with Crippen LogP contribution in [0.25, 0.3) is 10.7 Å². The van der Waals surface area contributed by atoms with E-state index in [4.69, 9.17) is 0 Å². The molecule has 3 heterocycles. The summed E-state index contributed by atoms with van der Waals surface area (Å²) in [6.07, 6.45) is 5.44. The summed E-state index contributed by atoms with van der Waals surface area (Å²) in [6.45, 7) is 7.38. The maximum Gasteiger partial charge on any atom is 0.220 e. The van der Waals surface area contributed by atoms with E-state index in [1.807, 2.05) is 23.6 Å². The Labute approximate surface area is 153 Å². The second-order valence-corrected chi connectivity index (χ2v) is 8.00. The van der Waals surface area contributed by atoms with Crippen molar-refractivity contribution in [3.8, 4) is 10.7 Å². The third-order valence-electron chi connectivity index (χ3n) is 4.72. The SMILES string of the molecule is CC(C)(CNC(=O)CCc1csc(-c2ccccn2)n1)N1CCCC1. The number of thiazole rings is 1. The topological polar surface area (TPSA) is 58.1 Å². The highest BCUT2D eigenvalue weighted by Crippen LogP contribution is 2.22. The lowest BCUT2D eigenvalue weighted by molar-refractivity contribution is -0.121. The van der Waals surface area contributed by atoms with E-state index < -0.39 is 0 Å². The molecule has 6 heteroatoms. The average Bonchev–Trinajstić information content (AvgIpc) is 3.31. The molecule has 25 heavy (non-hydrogen) atoms. The van der Waals surface area contributed by atoms with Gasteiger partial charge in [-0.3, -0.25) is 14.7 Å². The molecule has 1 saturated heterocycles. The third kappa shape index (κ3) is 4.86. The van der Waals surface area contributed by atoms with Crippen LogP contribution < -0.4 is 5.32 Å². The van der Waals surface area contributed by atoms with Crippen molar-refractivity contribution in [1.29, 1.82) is 0 Å². The number of likely N-dealkylation sites (tertiary alicyclic amines) is 1. The van der Waals surface area contributed by atoms with E-state index in [9.17, 15) is 4.79 Å². The van der Waals surface area contributed by atoms with Crippen LogP contribution in [0, 0.1) is 0 Å². The zero-order chi connectivity index (χ0) is 17.7. The van der Waals surface area contributed by atoms with Gasteiger partial charge in [0.25, 0.3) is 0 Å². The molecular weight excluding hydrogens is 332 g/mol. The quantitative estimate of drug-likeness (QED) is 0.826. The Hall–Kier alpha value is -1.79. The average molecular weight is 359 g/mol. The molecule has 1 amide bonds. The Kier molecular flexibility index (Phi) is 5.81. The molecule has 3 rings (SSSR count). The van der Waals surface area contributed by atoms with E-state index in [1.54, 1.807) is 17.5 Å². The molecule has 0 spiro atoms. The minimum Gasteiger partial charge on any atom is -0.354 e. The number of hydrogen-bond acceptors (Lipinski definition) is 5. The zero-order valence-corrected chi connectivity index (χ0v) is 15.8. The zero-order valence-electron chi connectivity index (χ0n) is 15.0. The van der Waals surface area contributed by atoms with Crippen molar-refractivity contribution in [2.24, 2.45) is 0 Å². The molecule has 1 fully saturated rings. The van der Waals surface area contributed by atoms with Crippen LogP contribution >= 0.6 is 11.3 Å². The number of aryl methyl sites for hydroxylation is 1. The first-order valence-corrected chi connectivity index (χ1v) is 9.80. The van der Waals surface area contributed by atoms with E-state index in [0.29, 0.717) is 19.4 Å². The van der Waals surface area contributed by atoms with Gasteiger partial charge in [0.2, 0.25) is 5.91 Å². The molecule has 0 aliphatic carbocycles. The number of amides is 1. The number of carbonyl (C=O) groups is 1. The van der Waals surface area contributed by atoms with Crippen molar-refractivity contribution in [3.05, 3.63) is 35.5 Å². The first-order chi connectivity index (χ1) is 12.0. The molecule has 5 nitrogen and oxygen atoms in total. The lowest BCUT2D eigenvalue weighted by Gasteiger charge is -2.35. The maximum atomic E-state index is 12.2. The van der Waals surface area contributed by atoms with Crippen LogP contribution in [0.1, 0.15) is 38.8 Å². The molecule has 1 aliphatic heterocycles. The van der Waals surface area contributed by atoms with E-state index in [0.717, 1.165) is 29.5 Å². The molecule has 0 unspecified atom stereocenters. The summed E-state index contributed by atoms with van der Waals surface area (Å²) in [5.41, 5.74) is 1.87. The van der Waals surface area contributed by atoms with Gasteiger partial charge in [0.1, 0.15) is 5.01 Å². The van der Waals surface area contributed by atoms with Gasteiger partial charge in [-0.25, -0.2) is 4.98 Å². The number of carbonyl (C=O) groups excluding carboxylic acids is 1. The Balaban J connectivity index is 1.45. The smallest absolute Gasteiger partial charge is 0.220 e. The van der Waals surface area contributed by atoms with Gasteiger partial charge in [0.15, 0.2) is 0 Å². The molecule has 0 bridgehead atoms. The summed E-state index contributed by atoms with van der Waals surface area (Å²) in [7, 11) is 0. The van der Waals surface area contributed by atoms with Crippen molar-refractivity contribution in [2.75, 3.05) is 19.6 Å². The Morgan fingerprint density at radius 2 is 2.12 bits per heavy atom. The third-order valence-corrected chi connectivity index (χ3v) is 5.64. The first kappa shape index (κ1) is 18.0. The monoisotopic (exact) mass is 358 g/mol. The van der Waals surface area contributed by atoms with E-state index in [-0.39, 0.29) is 11.4 Å². The number of hydrogen-bond donors (Lipinski definition) is 1. The van der Waals surface area contributed by atoms with Crippen LogP contribution in [-0.4, -0.2) is 45.9 Å². The van der Waals surface area contributed by atoms with Gasteiger partial charge in [-0.2, -0.15) is 0 Å². The highest BCUT2D eigenvalue weighted by molar-refractivity contribution is 7.13. The standard InChI is InChI=1S/C19H26N4OS/c1-19(2,23-11-5-6-12-23)14-21-17(24)9-8-15-13-25-18(22-15)16-7-3-4-10-20-16/h3-4,7,10,13H,5-6,8-9,11-12,14H2,1-2H3,(H,21,24). The van der Waals surface area contributed by atoms with Gasteiger partial charge in [0, 0.05) is 30.1 Å². The number of rotatable bonds is 7. The second-order valence-electron chi connectivity index (χ2n) is 7.14. The predicted molar refractivity (Wildman–Crippen MR) is 102 cm³/mol. The lowest BCUT2D eigenvalue weighted by Crippen LogP contribution is -2.50. The van der Waals surface area contributed by atoms with Gasteiger partial charge in [-0.15, -0.1) is 11.3 Å². The molecule has 0 atom stereocenters. The fraction of sp³-hybridized carbons (Fsp3) is 0.526. The minimum absolute atomic E-state index is 0.0267. The largest absolute Gasteiger partial charge is 0.354 e. The van der Waals surface area contributed by atoms with Crippen LogP contribution in [0.15, 0.2) is 29.8 Å². The van der Waals surface area contributed by atoms with Crippen molar-refractivity contribution in [2.45, 2.75) is 45.1 Å². The fourth-order valence-corrected chi connectivity index (χ4v) is 3.94. The molecule has 1 N–H and O–H groups in total. The molecule has 0 radical (unpaired) electrons. The summed E-state index contributed by atoms with van der Waals surface area (Å²) in [5, 5.41) is 6.02. The molecule has 2 aromatic heterocycles. The summed E-state index contributed by atoms with van der Waals surface area (Å²) < 4.78 is 0. The number of aromatic nitrogens is 2. The number of nitrogens with zero attached hydrogens (tertiary/aromatic N) is 3. The highest BCUT2D eigenvalue weighted by atomic mass is 32.1. The molecule has 134 valence electrons. The minimum atomic E-state index is 0.0267. The number of nitrogens with one attached hydrogen (secondary N) is 1. The molecule has 1 aliphatic rings. The lowest BCUT2D eigenvalue weighted by atomic mass is 10.0. The first-order valence-electron chi connectivity index (χ1n) is 8.92. The van der Waals surface area contributed by atoms with Gasteiger partial charge < -0.3 is 5.32 Å². The second kappa shape index (κ2) is 8.06. The van der Waals surface area contributed by atoms with Crippen molar-refractivity contribution >= 4 is 17.2 Å². The molecule has 0 aromatic carbocycles. The summed E-state index contributed by atoms with van der Waals surface area (Å²) in [4.78, 5) is 23.6. The van der Waals surface area contributed by atoms with E-state index in [1.165, 1.54) is 12.8 Å². The molecule has 2 aromatic rings. The van der Waals surface area contributed by atoms with Crippen LogP contribution in [0.3, 0.4) is 0 Å². The Bertz CT molecular complexity index is 692. The van der Waals surface area contributed by atoms with Crippen molar-refractivity contribution in [1.82, 2.24) is 20.2 Å². The van der Waals surface area contributed by atoms with Crippen LogP contribution in [0.2, 0.25) is 0 Å². The Morgan fingerprint density at radius 3 is 2.84 bits per heavy atom. The van der Waals surface area contributed by atoms with Crippen molar-refractivity contribution < 1.29 is 4.79 Å². The summed E-state index contributed by atoms with van der Waals surface area (Å²) >= 11 is 1.58. The normalized spacial score (nSPS) is 15.4. The number of pyridine rings is 1. The summed E-state index contributed by atoms with van der Waals surface area (Å²) in [5.74, 6) is 0.0969. The van der Waals surface area contributed by atoms with Gasteiger partial charge in [0.05, 0.1) is 11.4 Å². The predicted octanol–water partition coefficient (Wildman–Crippen LogP) is 3.13. The van der Waals surface area contributed by atoms with Gasteiger partial charge in [-0.05, 0) is 58.3 Å². The van der Waals surface area contributed by atoms with Crippen LogP contribution in [0.5, 0.6) is 0 Å². The Morgan fingerprint density at radius 1 is 1.32 bits per heavy atom. The molecular formula is C19H26N4OS. The molecule has 0 saturated carbocycles. The van der Waals surface area contributed by atoms with Crippen LogP contribution in [-0.2, 0) is 11.2 Å². The van der Waals surface area contributed by atoms with E-state index in [2.05, 4.69) is 34.0 Å².